The largest absolute Gasteiger partial charge is 0.465 e. The highest BCUT2D eigenvalue weighted by atomic mass is 16.5. The number of nitrogens with zero attached hydrogens (tertiary/aromatic N) is 3. The summed E-state index contributed by atoms with van der Waals surface area (Å²) in [7, 11) is 1.86. The van der Waals surface area contributed by atoms with Crippen molar-refractivity contribution in [1.82, 2.24) is 14.7 Å². The second-order valence-corrected chi connectivity index (χ2v) is 5.07. The molecule has 6 heteroatoms. The molecule has 1 rings (SSSR count). The Morgan fingerprint density at radius 1 is 1.29 bits per heavy atom. The van der Waals surface area contributed by atoms with Gasteiger partial charge in [0.1, 0.15) is 6.54 Å². The molecule has 0 aliphatic rings. The lowest BCUT2D eigenvalue weighted by molar-refractivity contribution is -0.148. The molecule has 0 saturated carbocycles. The minimum Gasteiger partial charge on any atom is -0.465 e. The molecule has 118 valence electrons. The number of hydrogen-bond acceptors (Lipinski definition) is 4. The monoisotopic (exact) mass is 295 g/mol. The standard InChI is InChI=1S/C15H25N3O3/c1-6-8-18(10-15(20)21-7-2)14(19)9-13-11(3)16-17(5)12(13)4/h6-10H2,1-5H3. The molecule has 0 radical (unpaired) electrons. The molecule has 0 bridgehead atoms. The summed E-state index contributed by atoms with van der Waals surface area (Å²) in [5.74, 6) is -0.428. The van der Waals surface area contributed by atoms with Crippen LogP contribution >= 0.6 is 0 Å². The van der Waals surface area contributed by atoms with E-state index in [2.05, 4.69) is 5.10 Å². The van der Waals surface area contributed by atoms with Crippen molar-refractivity contribution < 1.29 is 14.3 Å². The normalized spacial score (nSPS) is 10.5. The summed E-state index contributed by atoms with van der Waals surface area (Å²) in [4.78, 5) is 25.6. The van der Waals surface area contributed by atoms with Crippen LogP contribution in [-0.4, -0.2) is 46.3 Å². The van der Waals surface area contributed by atoms with E-state index in [-0.39, 0.29) is 24.8 Å². The maximum atomic E-state index is 12.4. The first-order valence-electron chi connectivity index (χ1n) is 7.33. The first kappa shape index (κ1) is 17.2. The zero-order chi connectivity index (χ0) is 16.0. The molecule has 21 heavy (non-hydrogen) atoms. The van der Waals surface area contributed by atoms with Crippen LogP contribution in [0.2, 0.25) is 0 Å². The Morgan fingerprint density at radius 2 is 1.95 bits per heavy atom. The van der Waals surface area contributed by atoms with E-state index in [1.807, 2.05) is 27.8 Å². The summed E-state index contributed by atoms with van der Waals surface area (Å²) in [6, 6.07) is 0. The van der Waals surface area contributed by atoms with Gasteiger partial charge in [-0.25, -0.2) is 0 Å². The van der Waals surface area contributed by atoms with E-state index in [9.17, 15) is 9.59 Å². The van der Waals surface area contributed by atoms with Crippen molar-refractivity contribution in [1.29, 1.82) is 0 Å². The van der Waals surface area contributed by atoms with Crippen molar-refractivity contribution >= 4 is 11.9 Å². The van der Waals surface area contributed by atoms with Crippen LogP contribution in [0.15, 0.2) is 0 Å². The lowest BCUT2D eigenvalue weighted by Gasteiger charge is -2.21. The van der Waals surface area contributed by atoms with E-state index in [0.29, 0.717) is 13.2 Å². The van der Waals surface area contributed by atoms with Crippen LogP contribution in [0.1, 0.15) is 37.2 Å². The van der Waals surface area contributed by atoms with E-state index in [1.54, 1.807) is 16.5 Å². The van der Waals surface area contributed by atoms with Gasteiger partial charge in [0.05, 0.1) is 18.7 Å². The summed E-state index contributed by atoms with van der Waals surface area (Å²) in [6.07, 6.45) is 1.07. The highest BCUT2D eigenvalue weighted by molar-refractivity contribution is 5.83. The number of aryl methyl sites for hydroxylation is 2. The molecule has 0 N–H and O–H groups in total. The van der Waals surface area contributed by atoms with Crippen LogP contribution in [0.3, 0.4) is 0 Å². The third-order valence-corrected chi connectivity index (χ3v) is 3.46. The predicted molar refractivity (Wildman–Crippen MR) is 79.9 cm³/mol. The number of rotatable bonds is 7. The van der Waals surface area contributed by atoms with Crippen molar-refractivity contribution in [2.24, 2.45) is 7.05 Å². The first-order valence-corrected chi connectivity index (χ1v) is 7.33. The summed E-state index contributed by atoms with van der Waals surface area (Å²) in [6.45, 7) is 8.46. The third kappa shape index (κ3) is 4.58. The van der Waals surface area contributed by atoms with Crippen LogP contribution in [0.5, 0.6) is 0 Å². The molecule has 6 nitrogen and oxygen atoms in total. The predicted octanol–water partition coefficient (Wildman–Crippen LogP) is 1.38. The minimum absolute atomic E-state index is 0.0128. The van der Waals surface area contributed by atoms with E-state index < -0.39 is 0 Å². The number of carbonyl (C=O) groups excluding carboxylic acids is 2. The van der Waals surface area contributed by atoms with Crippen LogP contribution in [0.4, 0.5) is 0 Å². The van der Waals surface area contributed by atoms with Crippen molar-refractivity contribution in [3.8, 4) is 0 Å². The lowest BCUT2D eigenvalue weighted by atomic mass is 10.1. The molecule has 1 heterocycles. The quantitative estimate of drug-likeness (QED) is 0.713. The zero-order valence-electron chi connectivity index (χ0n) is 13.6. The molecular formula is C15H25N3O3. The minimum atomic E-state index is -0.362. The molecular weight excluding hydrogens is 270 g/mol. The fourth-order valence-electron chi connectivity index (χ4n) is 2.26. The Kier molecular flexibility index (Phi) is 6.39. The van der Waals surface area contributed by atoms with E-state index >= 15 is 0 Å². The molecule has 0 atom stereocenters. The maximum absolute atomic E-state index is 12.4. The van der Waals surface area contributed by atoms with Gasteiger partial charge in [0.15, 0.2) is 0 Å². The van der Waals surface area contributed by atoms with Crippen molar-refractivity contribution in [3.63, 3.8) is 0 Å². The molecule has 0 saturated heterocycles. The number of esters is 1. The zero-order valence-corrected chi connectivity index (χ0v) is 13.6. The molecule has 1 aromatic rings. The Labute approximate surface area is 126 Å². The van der Waals surface area contributed by atoms with Crippen LogP contribution in [0, 0.1) is 13.8 Å². The first-order chi connectivity index (χ1) is 9.90. The van der Waals surface area contributed by atoms with Crippen molar-refractivity contribution in [2.45, 2.75) is 40.5 Å². The van der Waals surface area contributed by atoms with Crippen LogP contribution in [-0.2, 0) is 27.8 Å². The maximum Gasteiger partial charge on any atom is 0.325 e. The second kappa shape index (κ2) is 7.81. The van der Waals surface area contributed by atoms with Gasteiger partial charge in [-0.15, -0.1) is 0 Å². The van der Waals surface area contributed by atoms with Gasteiger partial charge in [-0.3, -0.25) is 14.3 Å². The number of carbonyl (C=O) groups is 2. The summed E-state index contributed by atoms with van der Waals surface area (Å²) >= 11 is 0. The van der Waals surface area contributed by atoms with E-state index in [4.69, 9.17) is 4.74 Å². The number of hydrogen-bond donors (Lipinski definition) is 0. The molecule has 0 aliphatic heterocycles. The molecule has 1 aromatic heterocycles. The summed E-state index contributed by atoms with van der Waals surface area (Å²) in [5, 5.41) is 4.31. The van der Waals surface area contributed by atoms with Crippen LogP contribution < -0.4 is 0 Å². The Bertz CT molecular complexity index is 509. The van der Waals surface area contributed by atoms with Crippen molar-refractivity contribution in [3.05, 3.63) is 17.0 Å². The molecule has 0 spiro atoms. The van der Waals surface area contributed by atoms with Gasteiger partial charge in [-0.2, -0.15) is 5.10 Å². The Balaban J connectivity index is 2.79. The SMILES string of the molecule is CCCN(CC(=O)OCC)C(=O)Cc1c(C)nn(C)c1C. The molecule has 1 amide bonds. The average molecular weight is 295 g/mol. The molecule has 0 aromatic carbocycles. The number of aromatic nitrogens is 2. The highest BCUT2D eigenvalue weighted by Crippen LogP contribution is 2.14. The number of amides is 1. The van der Waals surface area contributed by atoms with Gasteiger partial charge in [-0.05, 0) is 27.2 Å². The van der Waals surface area contributed by atoms with Gasteiger partial charge < -0.3 is 9.64 Å². The van der Waals surface area contributed by atoms with Crippen LogP contribution in [0.25, 0.3) is 0 Å². The van der Waals surface area contributed by atoms with E-state index in [1.165, 1.54) is 0 Å². The summed E-state index contributed by atoms with van der Waals surface area (Å²) in [5.41, 5.74) is 2.77. The molecule has 0 unspecified atom stereocenters. The van der Waals surface area contributed by atoms with Gasteiger partial charge in [0, 0.05) is 24.8 Å². The second-order valence-electron chi connectivity index (χ2n) is 5.07. The third-order valence-electron chi connectivity index (χ3n) is 3.46. The van der Waals surface area contributed by atoms with E-state index in [0.717, 1.165) is 23.4 Å². The van der Waals surface area contributed by atoms with Gasteiger partial charge in [0.2, 0.25) is 5.91 Å². The highest BCUT2D eigenvalue weighted by Gasteiger charge is 2.20. The molecule has 0 fully saturated rings. The van der Waals surface area contributed by atoms with Gasteiger partial charge in [-0.1, -0.05) is 6.92 Å². The van der Waals surface area contributed by atoms with Crippen molar-refractivity contribution in [2.75, 3.05) is 19.7 Å². The Morgan fingerprint density at radius 3 is 2.43 bits per heavy atom. The average Bonchev–Trinajstić information content (AvgIpc) is 2.65. The Hall–Kier alpha value is -1.85. The fraction of sp³-hybridized carbons (Fsp3) is 0.667. The number of ether oxygens (including phenoxy) is 1. The summed E-state index contributed by atoms with van der Waals surface area (Å²) < 4.78 is 6.69. The molecule has 0 aliphatic carbocycles. The fourth-order valence-corrected chi connectivity index (χ4v) is 2.26. The van der Waals surface area contributed by atoms with Gasteiger partial charge >= 0.3 is 5.97 Å². The smallest absolute Gasteiger partial charge is 0.325 e. The van der Waals surface area contributed by atoms with Gasteiger partial charge in [0.25, 0.3) is 0 Å². The topological polar surface area (TPSA) is 64.4 Å². The lowest BCUT2D eigenvalue weighted by Crippen LogP contribution is -2.38.